The molecule has 3 radical (unpaired) electrons. The van der Waals surface area contributed by atoms with Gasteiger partial charge in [-0.15, -0.1) is 19.6 Å². The SMILES string of the molecule is C.C.COCOc1c(C)cc(C(O)C2CC[N-]S2(=O)=O)cc1C.COCOc1c(C)cc(C=O)cc1C.Cc1cc(/C=C2\CCNS2(=O)=O)cc(C)c1O.Cc1cc(/C=C2\CC[N-]S2(=O)=O)cc(C)c1O.O=S1(=O)CCC[N-]1.[Y].[Y].[Y]. The molecule has 2 atom stereocenters. The topological polar surface area (TPSA) is 306 Å². The molecule has 0 aromatic heterocycles. The van der Waals surface area contributed by atoms with Crippen molar-refractivity contribution < 1.29 is 171 Å². The summed E-state index contributed by atoms with van der Waals surface area (Å²) in [6.07, 6.45) is 5.09. The van der Waals surface area contributed by atoms with Gasteiger partial charge in [-0.3, -0.25) is 4.79 Å². The summed E-state index contributed by atoms with van der Waals surface area (Å²) in [7, 11) is -10.0. The van der Waals surface area contributed by atoms with Gasteiger partial charge in [0.2, 0.25) is 10.0 Å². The predicted octanol–water partition coefficient (Wildman–Crippen LogP) is 9.38. The normalized spacial score (nSPS) is 18.7. The average Bonchev–Trinajstić information content (AvgIpc) is 4.11. The van der Waals surface area contributed by atoms with Crippen LogP contribution in [-0.4, -0.2) is 120 Å². The summed E-state index contributed by atoms with van der Waals surface area (Å²) in [6.45, 7) is 16.6. The van der Waals surface area contributed by atoms with Crippen LogP contribution in [-0.2, 0) is 148 Å². The summed E-state index contributed by atoms with van der Waals surface area (Å²) in [6, 6.07) is 14.2. The third kappa shape index (κ3) is 24.4. The molecule has 4 aliphatic heterocycles. The number of ether oxygens (including phenoxy) is 4. The minimum Gasteiger partial charge on any atom is -0.549 e. The Hall–Kier alpha value is -1.94. The van der Waals surface area contributed by atoms with Crippen LogP contribution in [0.15, 0.2) is 58.3 Å². The third-order valence-electron chi connectivity index (χ3n) is 12.0. The van der Waals surface area contributed by atoms with E-state index in [9.17, 15) is 53.8 Å². The maximum atomic E-state index is 11.8. The smallest absolute Gasteiger partial charge is 0.236 e. The number of hydrogen-bond acceptors (Lipinski definition) is 16. The molecule has 0 bridgehead atoms. The van der Waals surface area contributed by atoms with Crippen LogP contribution < -0.4 is 14.2 Å². The minimum atomic E-state index is -3.56. The number of benzene rings is 4. The second-order valence-corrected chi connectivity index (χ2v) is 25.5. The summed E-state index contributed by atoms with van der Waals surface area (Å²) in [5.41, 5.74) is 9.36. The first kappa shape index (κ1) is 81.1. The second kappa shape index (κ2) is 36.9. The van der Waals surface area contributed by atoms with Crippen molar-refractivity contribution in [1.82, 2.24) is 4.72 Å². The summed E-state index contributed by atoms with van der Waals surface area (Å²) in [5.74, 6) is 2.25. The first-order valence-electron chi connectivity index (χ1n) is 23.9. The van der Waals surface area contributed by atoms with Gasteiger partial charge in [0.1, 0.15) is 29.3 Å². The molecule has 8 rings (SSSR count). The number of aldehydes is 1. The van der Waals surface area contributed by atoms with Crippen molar-refractivity contribution in [2.75, 3.05) is 59.7 Å². The molecule has 0 aliphatic carbocycles. The van der Waals surface area contributed by atoms with Gasteiger partial charge in [-0.05, 0) is 190 Å². The monoisotopic (exact) mass is 1430 g/mol. The van der Waals surface area contributed by atoms with E-state index in [1.54, 1.807) is 95.5 Å². The van der Waals surface area contributed by atoms with Gasteiger partial charge >= 0.3 is 0 Å². The summed E-state index contributed by atoms with van der Waals surface area (Å²) < 4.78 is 124. The number of phenolic OH excluding ortho intramolecular Hbond substituents is 2. The maximum Gasteiger partial charge on any atom is 0.236 e. The summed E-state index contributed by atoms with van der Waals surface area (Å²) in [5, 5.41) is 28.8. The number of carbonyl (C=O) groups excluding carboxylic acids is 1. The Morgan fingerprint density at radius 3 is 1.35 bits per heavy atom. The molecule has 0 amide bonds. The van der Waals surface area contributed by atoms with E-state index in [1.807, 2.05) is 27.7 Å². The molecule has 2 unspecified atom stereocenters. The van der Waals surface area contributed by atoms with Crippen LogP contribution in [0.25, 0.3) is 26.3 Å². The molecule has 4 aromatic carbocycles. The van der Waals surface area contributed by atoms with Crippen LogP contribution in [0.4, 0.5) is 0 Å². The van der Waals surface area contributed by atoms with E-state index in [0.29, 0.717) is 72.0 Å². The summed E-state index contributed by atoms with van der Waals surface area (Å²) in [4.78, 5) is 11.3. The van der Waals surface area contributed by atoms with E-state index in [1.165, 1.54) is 7.11 Å². The van der Waals surface area contributed by atoms with Crippen LogP contribution in [0.1, 0.15) is 118 Å². The van der Waals surface area contributed by atoms with Gasteiger partial charge in [0.15, 0.2) is 13.6 Å². The Labute approximate surface area is 557 Å². The molecule has 4 aliphatic rings. The molecule has 4 saturated heterocycles. The molecule has 4 fully saturated rings. The van der Waals surface area contributed by atoms with Gasteiger partial charge in [-0.1, -0.05) is 27.7 Å². The van der Waals surface area contributed by atoms with Crippen molar-refractivity contribution >= 4 is 58.5 Å². The van der Waals surface area contributed by atoms with Crippen LogP contribution in [0.2, 0.25) is 0 Å². The number of aliphatic hydroxyl groups excluding tert-OH is 1. The van der Waals surface area contributed by atoms with Crippen LogP contribution in [0.5, 0.6) is 23.0 Å². The number of rotatable bonds is 11. The number of aromatic hydroxyl groups is 2. The van der Waals surface area contributed by atoms with Crippen molar-refractivity contribution in [3.05, 3.63) is 139 Å². The maximum absolute atomic E-state index is 11.8. The Morgan fingerprint density at radius 2 is 1.02 bits per heavy atom. The van der Waals surface area contributed by atoms with Crippen molar-refractivity contribution in [2.45, 2.75) is 107 Å². The summed E-state index contributed by atoms with van der Waals surface area (Å²) >= 11 is 0. The Morgan fingerprint density at radius 1 is 0.593 bits per heavy atom. The van der Waals surface area contributed by atoms with Crippen LogP contribution in [0.3, 0.4) is 0 Å². The molecular formula is C54H77N4O16S4Y3-3. The molecule has 0 spiro atoms. The number of sulfonamides is 4. The molecule has 20 nitrogen and oxygen atoms in total. The van der Waals surface area contributed by atoms with E-state index in [2.05, 4.69) is 18.9 Å². The zero-order valence-corrected chi connectivity index (χ0v) is 57.9. The van der Waals surface area contributed by atoms with Crippen molar-refractivity contribution in [1.29, 1.82) is 0 Å². The molecule has 445 valence electrons. The number of methoxy groups -OCH3 is 2. The standard InChI is InChI=1S/C14H20NO5S.C12H15NO3S.C12H14NO3S.C11H14O3.C3H6NO2S.2CH4.3Y/c1-9-6-11(7-10(2)14(9)20-8-19-3)13(16)12-4-5-15-21(12,17)18;2*1-8-5-10(6-9(2)12(8)14)7-11-3-4-13-17(11,15)16;1-8-4-10(6-12)5-9(2)11(8)14-7-13-3;5-7(6)3-1-2-4-7;;;;;/h6-7,12-13,16H,4-5,8H2,1-3H3;5-7,13-14H,3-4H2,1-2H3;5-7,14H,3-4H2,1-2H3;4-6H,7H2,1-3H3;1-3H2;2*1H4;;;/q-1;;-1;;-1;;;;;/b;2*11-7+;;;;;;;. The van der Waals surface area contributed by atoms with Gasteiger partial charge in [0.05, 0.1) is 46.3 Å². The Balaban J connectivity index is 0. The zero-order chi connectivity index (χ0) is 56.8. The van der Waals surface area contributed by atoms with Gasteiger partial charge < -0.3 is 48.4 Å². The Kier molecular flexibility index (Phi) is 37.0. The molecule has 0 saturated carbocycles. The number of nitrogens with one attached hydrogen (secondary N) is 1. The molecule has 4 N–H and O–H groups in total. The third-order valence-corrected chi connectivity index (χ3v) is 18.3. The minimum absolute atomic E-state index is 0. The van der Waals surface area contributed by atoms with E-state index in [4.69, 9.17) is 18.9 Å². The first-order valence-corrected chi connectivity index (χ1v) is 30.0. The van der Waals surface area contributed by atoms with Gasteiger partial charge in [-0.25, -0.2) is 38.4 Å². The van der Waals surface area contributed by atoms with Gasteiger partial charge in [0.25, 0.3) is 0 Å². The zero-order valence-electron chi connectivity index (χ0n) is 46.1. The predicted molar refractivity (Wildman–Crippen MR) is 307 cm³/mol. The number of hydrogen-bond donors (Lipinski definition) is 4. The number of aryl methyl sites for hydroxylation is 8. The number of aliphatic hydroxyl groups is 1. The number of phenols is 2. The van der Waals surface area contributed by atoms with E-state index in [-0.39, 0.29) is 150 Å². The Bertz CT molecular complexity index is 3040. The van der Waals surface area contributed by atoms with E-state index >= 15 is 0 Å². The van der Waals surface area contributed by atoms with E-state index < -0.39 is 51.4 Å². The fourth-order valence-corrected chi connectivity index (χ4v) is 13.2. The molecule has 4 heterocycles. The number of nitrogens with zero attached hydrogens (tertiary/aromatic N) is 3. The van der Waals surface area contributed by atoms with Crippen LogP contribution in [0, 0.1) is 55.4 Å². The van der Waals surface area contributed by atoms with Gasteiger partial charge in [0, 0.05) is 135 Å². The molecule has 4 aromatic rings. The van der Waals surface area contributed by atoms with Gasteiger partial charge in [-0.2, -0.15) is 0 Å². The van der Waals surface area contributed by atoms with E-state index in [0.717, 1.165) is 67.7 Å². The molecular weight excluding hydrogens is 1360 g/mol. The van der Waals surface area contributed by atoms with Crippen molar-refractivity contribution in [3.8, 4) is 23.0 Å². The molecule has 81 heavy (non-hydrogen) atoms. The van der Waals surface area contributed by atoms with Crippen molar-refractivity contribution in [3.63, 3.8) is 0 Å². The first-order chi connectivity index (χ1) is 35.6. The van der Waals surface area contributed by atoms with Crippen LogP contribution >= 0.6 is 0 Å². The fourth-order valence-electron chi connectivity index (χ4n) is 8.34. The quantitative estimate of drug-likeness (QED) is 0.0802. The molecule has 27 heteroatoms. The fraction of sp³-hybridized carbons (Fsp3) is 0.463. The van der Waals surface area contributed by atoms with Crippen molar-refractivity contribution in [2.24, 2.45) is 0 Å². The second-order valence-electron chi connectivity index (χ2n) is 18.3. The largest absolute Gasteiger partial charge is 0.549 e. The number of carbonyl (C=O) groups is 1. The average molecular weight is 1430 g/mol.